The van der Waals surface area contributed by atoms with Crippen LogP contribution in [-0.2, 0) is 4.79 Å². The predicted molar refractivity (Wildman–Crippen MR) is 56.1 cm³/mol. The van der Waals surface area contributed by atoms with Crippen LogP contribution in [-0.4, -0.2) is 54.6 Å². The van der Waals surface area contributed by atoms with Crippen molar-refractivity contribution in [1.82, 2.24) is 19.7 Å². The van der Waals surface area contributed by atoms with Crippen LogP contribution in [0, 0.1) is 0 Å². The molecule has 10 nitrogen and oxygen atoms in total. The van der Waals surface area contributed by atoms with E-state index in [0.717, 1.165) is 9.58 Å². The summed E-state index contributed by atoms with van der Waals surface area (Å²) in [4.78, 5) is 35.3. The van der Waals surface area contributed by atoms with E-state index in [9.17, 15) is 24.7 Å². The molecule has 1 aromatic heterocycles. The molecule has 19 heavy (non-hydrogen) atoms. The number of hydrogen-bond acceptors (Lipinski definition) is 5. The fourth-order valence-corrected chi connectivity index (χ4v) is 2.53. The number of nitrogens with two attached hydrogens (primary N) is 1. The molecule has 2 bridgehead atoms. The SMILES string of the molecule is NC(=O)n1ncc2c1[C@@H](C(=O)O)N1C[C@@H]2N(O)C1=O. The van der Waals surface area contributed by atoms with Gasteiger partial charge in [0.25, 0.3) is 0 Å². The van der Waals surface area contributed by atoms with Crippen LogP contribution in [0.1, 0.15) is 23.3 Å². The summed E-state index contributed by atoms with van der Waals surface area (Å²) in [5, 5.41) is 23.1. The minimum atomic E-state index is -1.40. The number of hydroxylamine groups is 2. The molecule has 10 heteroatoms. The number of urea groups is 1. The van der Waals surface area contributed by atoms with Crippen molar-refractivity contribution in [1.29, 1.82) is 0 Å². The van der Waals surface area contributed by atoms with Crippen LogP contribution in [0.3, 0.4) is 0 Å². The van der Waals surface area contributed by atoms with E-state index >= 15 is 0 Å². The molecule has 100 valence electrons. The molecular formula is C9H9N5O5. The Bertz CT molecular complexity index is 610. The molecule has 0 spiro atoms. The van der Waals surface area contributed by atoms with Gasteiger partial charge in [-0.05, 0) is 0 Å². The maximum atomic E-state index is 11.7. The summed E-state index contributed by atoms with van der Waals surface area (Å²) in [6.07, 6.45) is 1.24. The highest BCUT2D eigenvalue weighted by atomic mass is 16.5. The zero-order valence-corrected chi connectivity index (χ0v) is 9.42. The summed E-state index contributed by atoms with van der Waals surface area (Å²) in [6.45, 7) is 0.0176. The standard InChI is InChI=1S/C9H9N5O5/c10-8(17)13-5-3(1-11-13)4-2-12(6(5)7(15)16)9(18)14(4)19/h1,4,6,19H,2H2,(H2,10,17)(H,15,16)/t4-,6-/m0/s1. The van der Waals surface area contributed by atoms with Crippen LogP contribution in [0.2, 0.25) is 0 Å². The number of carboxylic acid groups (broad SMARTS) is 1. The molecular weight excluding hydrogens is 258 g/mol. The van der Waals surface area contributed by atoms with Crippen molar-refractivity contribution in [3.8, 4) is 0 Å². The van der Waals surface area contributed by atoms with E-state index in [2.05, 4.69) is 5.10 Å². The van der Waals surface area contributed by atoms with Gasteiger partial charge >= 0.3 is 18.0 Å². The lowest BCUT2D eigenvalue weighted by Crippen LogP contribution is -2.40. The highest BCUT2D eigenvalue weighted by Crippen LogP contribution is 2.42. The molecule has 0 aromatic carbocycles. The van der Waals surface area contributed by atoms with Crippen molar-refractivity contribution in [3.05, 3.63) is 17.5 Å². The third-order valence-electron chi connectivity index (χ3n) is 3.32. The van der Waals surface area contributed by atoms with Gasteiger partial charge in [0.05, 0.1) is 18.4 Å². The first-order chi connectivity index (χ1) is 8.93. The molecule has 0 unspecified atom stereocenters. The Morgan fingerprint density at radius 3 is 2.74 bits per heavy atom. The highest BCUT2D eigenvalue weighted by molar-refractivity contribution is 5.88. The van der Waals surface area contributed by atoms with Crippen LogP contribution < -0.4 is 5.73 Å². The molecule has 1 aromatic rings. The van der Waals surface area contributed by atoms with Crippen molar-refractivity contribution in [2.75, 3.05) is 6.54 Å². The van der Waals surface area contributed by atoms with Crippen molar-refractivity contribution < 1.29 is 24.7 Å². The Labute approximate surface area is 105 Å². The van der Waals surface area contributed by atoms with Gasteiger partial charge in [0.2, 0.25) is 0 Å². The topological polar surface area (TPSA) is 142 Å². The van der Waals surface area contributed by atoms with Crippen LogP contribution in [0.25, 0.3) is 0 Å². The molecule has 0 saturated carbocycles. The van der Waals surface area contributed by atoms with E-state index in [1.165, 1.54) is 6.20 Å². The Hall–Kier alpha value is -2.62. The summed E-state index contributed by atoms with van der Waals surface area (Å²) in [6, 6.07) is -3.92. The van der Waals surface area contributed by atoms with Gasteiger partial charge in [-0.2, -0.15) is 14.8 Å². The minimum absolute atomic E-state index is 0.00106. The van der Waals surface area contributed by atoms with Crippen molar-refractivity contribution in [2.45, 2.75) is 12.1 Å². The second-order valence-electron chi connectivity index (χ2n) is 4.27. The van der Waals surface area contributed by atoms with Crippen LogP contribution in [0.15, 0.2) is 6.20 Å². The van der Waals surface area contributed by atoms with Gasteiger partial charge < -0.3 is 15.7 Å². The Balaban J connectivity index is 2.24. The fourth-order valence-electron chi connectivity index (χ4n) is 2.53. The number of rotatable bonds is 1. The third-order valence-corrected chi connectivity index (χ3v) is 3.32. The van der Waals surface area contributed by atoms with Gasteiger partial charge in [-0.3, -0.25) is 5.21 Å². The van der Waals surface area contributed by atoms with E-state index in [0.29, 0.717) is 10.6 Å². The normalized spacial score (nSPS) is 24.6. The fraction of sp³-hybridized carbons (Fsp3) is 0.333. The molecule has 2 aliphatic rings. The lowest BCUT2D eigenvalue weighted by molar-refractivity contribution is -0.142. The van der Waals surface area contributed by atoms with Crippen LogP contribution in [0.5, 0.6) is 0 Å². The van der Waals surface area contributed by atoms with Gasteiger partial charge in [-0.15, -0.1) is 0 Å². The van der Waals surface area contributed by atoms with Gasteiger partial charge in [0, 0.05) is 5.56 Å². The van der Waals surface area contributed by atoms with E-state index in [-0.39, 0.29) is 12.2 Å². The maximum absolute atomic E-state index is 11.7. The summed E-state index contributed by atoms with van der Waals surface area (Å²) >= 11 is 0. The first-order valence-corrected chi connectivity index (χ1v) is 5.32. The Morgan fingerprint density at radius 2 is 2.16 bits per heavy atom. The third kappa shape index (κ3) is 1.28. The lowest BCUT2D eigenvalue weighted by atomic mass is 9.98. The van der Waals surface area contributed by atoms with Gasteiger partial charge in [0.15, 0.2) is 6.04 Å². The Morgan fingerprint density at radius 1 is 1.47 bits per heavy atom. The quantitative estimate of drug-likeness (QED) is 0.564. The molecule has 0 radical (unpaired) electrons. The van der Waals surface area contributed by atoms with Gasteiger partial charge in [-0.1, -0.05) is 0 Å². The molecule has 4 N–H and O–H groups in total. The molecule has 3 rings (SSSR count). The largest absolute Gasteiger partial charge is 0.479 e. The number of aromatic nitrogens is 2. The van der Waals surface area contributed by atoms with Crippen LogP contribution >= 0.6 is 0 Å². The second-order valence-corrected chi connectivity index (χ2v) is 4.27. The lowest BCUT2D eigenvalue weighted by Gasteiger charge is -2.27. The first kappa shape index (κ1) is 11.5. The number of amides is 3. The summed E-state index contributed by atoms with van der Waals surface area (Å²) < 4.78 is 0.736. The number of carbonyl (C=O) groups excluding carboxylic acids is 2. The molecule has 2 atom stereocenters. The van der Waals surface area contributed by atoms with Crippen molar-refractivity contribution in [3.63, 3.8) is 0 Å². The number of aliphatic carboxylic acids is 1. The Kier molecular flexibility index (Phi) is 2.08. The summed E-state index contributed by atoms with van der Waals surface area (Å²) in [5.41, 5.74) is 5.42. The number of primary amides is 1. The zero-order chi connectivity index (χ0) is 13.9. The summed E-state index contributed by atoms with van der Waals surface area (Å²) in [7, 11) is 0. The average molecular weight is 267 g/mol. The molecule has 3 heterocycles. The van der Waals surface area contributed by atoms with Gasteiger partial charge in [-0.25, -0.2) is 14.4 Å². The number of carbonyl (C=O) groups is 3. The molecule has 3 amide bonds. The minimum Gasteiger partial charge on any atom is -0.479 e. The first-order valence-electron chi connectivity index (χ1n) is 5.32. The summed E-state index contributed by atoms with van der Waals surface area (Å²) in [5.74, 6) is -1.33. The van der Waals surface area contributed by atoms with E-state index in [1.54, 1.807) is 0 Å². The number of carboxylic acids is 1. The predicted octanol–water partition coefficient (Wildman–Crippen LogP) is -0.883. The molecule has 1 saturated heterocycles. The van der Waals surface area contributed by atoms with Crippen molar-refractivity contribution >= 4 is 18.0 Å². The highest BCUT2D eigenvalue weighted by Gasteiger charge is 2.52. The van der Waals surface area contributed by atoms with E-state index < -0.39 is 30.1 Å². The maximum Gasteiger partial charge on any atom is 0.345 e. The molecule has 2 aliphatic heterocycles. The van der Waals surface area contributed by atoms with Gasteiger partial charge in [0.1, 0.15) is 6.04 Å². The van der Waals surface area contributed by atoms with Crippen LogP contribution in [0.4, 0.5) is 9.59 Å². The average Bonchev–Trinajstić information content (AvgIpc) is 2.87. The second kappa shape index (κ2) is 3.45. The van der Waals surface area contributed by atoms with E-state index in [1.807, 2.05) is 0 Å². The van der Waals surface area contributed by atoms with E-state index in [4.69, 9.17) is 5.73 Å². The zero-order valence-electron chi connectivity index (χ0n) is 9.42. The molecule has 0 aliphatic carbocycles. The number of nitrogens with zero attached hydrogens (tertiary/aromatic N) is 4. The number of fused-ring (bicyclic) bond motifs is 4. The smallest absolute Gasteiger partial charge is 0.345 e. The monoisotopic (exact) mass is 267 g/mol. The van der Waals surface area contributed by atoms with Crippen molar-refractivity contribution in [2.24, 2.45) is 5.73 Å². The number of hydrogen-bond donors (Lipinski definition) is 3. The molecule has 1 fully saturated rings.